The molecule has 2 heterocycles. The van der Waals surface area contributed by atoms with Crippen LogP contribution in [0.5, 0.6) is 0 Å². The molecule has 130 valence electrons. The molecular weight excluding hydrogens is 326 g/mol. The van der Waals surface area contributed by atoms with E-state index in [-0.39, 0.29) is 11.7 Å². The Bertz CT molecular complexity index is 758. The van der Waals surface area contributed by atoms with Gasteiger partial charge in [0.25, 0.3) is 0 Å². The number of nitrogens with zero attached hydrogens (tertiary/aromatic N) is 3. The molecule has 1 aromatic carbocycles. The van der Waals surface area contributed by atoms with E-state index in [1.165, 1.54) is 0 Å². The fourth-order valence-electron chi connectivity index (χ4n) is 3.16. The first-order valence-electron chi connectivity index (χ1n) is 8.35. The Morgan fingerprint density at radius 1 is 1.29 bits per heavy atom. The molecule has 0 N–H and O–H groups in total. The molecule has 1 aromatic heterocycles. The van der Waals surface area contributed by atoms with Crippen LogP contribution >= 0.6 is 0 Å². The zero-order valence-electron chi connectivity index (χ0n) is 13.9. The number of likely N-dealkylation sites (tertiary alicyclic amines) is 1. The first-order valence-corrected chi connectivity index (χ1v) is 10.0. The van der Waals surface area contributed by atoms with Crippen LogP contribution in [0.25, 0.3) is 0 Å². The summed E-state index contributed by atoms with van der Waals surface area (Å²) in [7, 11) is -3.19. The van der Waals surface area contributed by atoms with E-state index in [0.717, 1.165) is 32.5 Å². The van der Waals surface area contributed by atoms with Crippen LogP contribution in [-0.4, -0.2) is 48.8 Å². The Kier molecular flexibility index (Phi) is 5.30. The lowest BCUT2D eigenvalue weighted by Crippen LogP contribution is -2.35. The molecule has 0 aliphatic carbocycles. The number of aryl methyl sites for hydroxylation is 1. The highest BCUT2D eigenvalue weighted by atomic mass is 32.2. The maximum Gasteiger partial charge on any atom is 0.231 e. The van der Waals surface area contributed by atoms with Crippen molar-refractivity contribution in [2.75, 3.05) is 25.4 Å². The lowest BCUT2D eigenvalue weighted by Gasteiger charge is -2.30. The topological polar surface area (TPSA) is 76.3 Å². The second-order valence-corrected chi connectivity index (χ2v) is 8.41. The minimum absolute atomic E-state index is 0.178. The second-order valence-electron chi connectivity index (χ2n) is 6.31. The van der Waals surface area contributed by atoms with Crippen molar-refractivity contribution in [3.63, 3.8) is 0 Å². The second kappa shape index (κ2) is 7.44. The van der Waals surface area contributed by atoms with Crippen LogP contribution in [-0.2, 0) is 9.84 Å². The molecule has 0 spiro atoms. The third kappa shape index (κ3) is 4.21. The number of aromatic nitrogens is 2. The highest BCUT2D eigenvalue weighted by Gasteiger charge is 2.25. The van der Waals surface area contributed by atoms with Crippen LogP contribution in [0.2, 0.25) is 0 Å². The highest BCUT2D eigenvalue weighted by molar-refractivity contribution is 7.91. The fourth-order valence-corrected chi connectivity index (χ4v) is 4.48. The van der Waals surface area contributed by atoms with Crippen LogP contribution in [0.3, 0.4) is 0 Å². The van der Waals surface area contributed by atoms with Gasteiger partial charge in [-0.25, -0.2) is 8.42 Å². The molecular formula is C17H23N3O3S. The average Bonchev–Trinajstić information content (AvgIpc) is 3.02. The van der Waals surface area contributed by atoms with E-state index in [4.69, 9.17) is 4.52 Å². The van der Waals surface area contributed by atoms with Crippen LogP contribution in [0.15, 0.2) is 39.8 Å². The van der Waals surface area contributed by atoms with Crippen LogP contribution < -0.4 is 0 Å². The normalized spacial score (nSPS) is 19.5. The Balaban J connectivity index is 1.51. The molecule has 7 heteroatoms. The predicted molar refractivity (Wildman–Crippen MR) is 90.6 cm³/mol. The highest BCUT2D eigenvalue weighted by Crippen LogP contribution is 2.25. The predicted octanol–water partition coefficient (Wildman–Crippen LogP) is 2.42. The Morgan fingerprint density at radius 2 is 2.08 bits per heavy atom. The first kappa shape index (κ1) is 17.1. The number of benzene rings is 1. The summed E-state index contributed by atoms with van der Waals surface area (Å²) in [4.78, 5) is 7.03. The van der Waals surface area contributed by atoms with Gasteiger partial charge >= 0.3 is 0 Å². The van der Waals surface area contributed by atoms with Crippen LogP contribution in [0.1, 0.15) is 36.9 Å². The maximum atomic E-state index is 12.3. The van der Waals surface area contributed by atoms with E-state index in [9.17, 15) is 8.42 Å². The lowest BCUT2D eigenvalue weighted by atomic mass is 9.98. The van der Waals surface area contributed by atoms with Gasteiger partial charge in [-0.1, -0.05) is 23.4 Å². The van der Waals surface area contributed by atoms with Crippen molar-refractivity contribution < 1.29 is 12.9 Å². The van der Waals surface area contributed by atoms with E-state index >= 15 is 0 Å². The van der Waals surface area contributed by atoms with Gasteiger partial charge in [0.1, 0.15) is 0 Å². The molecule has 0 amide bonds. The molecule has 0 bridgehead atoms. The van der Waals surface area contributed by atoms with Crippen LogP contribution in [0.4, 0.5) is 0 Å². The largest absolute Gasteiger partial charge is 0.339 e. The average molecular weight is 349 g/mol. The molecule has 1 atom stereocenters. The summed E-state index contributed by atoms with van der Waals surface area (Å²) >= 11 is 0. The molecule has 24 heavy (non-hydrogen) atoms. The Labute approximate surface area is 142 Å². The number of hydrogen-bond acceptors (Lipinski definition) is 6. The summed E-state index contributed by atoms with van der Waals surface area (Å²) < 4.78 is 29.9. The molecule has 1 saturated heterocycles. The molecule has 1 aliphatic heterocycles. The number of hydrogen-bond donors (Lipinski definition) is 0. The summed E-state index contributed by atoms with van der Waals surface area (Å²) in [5.74, 6) is 1.80. The number of rotatable bonds is 6. The van der Waals surface area contributed by atoms with Crippen molar-refractivity contribution in [2.45, 2.75) is 37.0 Å². The van der Waals surface area contributed by atoms with E-state index in [1.807, 2.05) is 13.0 Å². The van der Waals surface area contributed by atoms with Gasteiger partial charge in [0.05, 0.1) is 16.6 Å². The van der Waals surface area contributed by atoms with Crippen molar-refractivity contribution in [3.8, 4) is 0 Å². The van der Waals surface area contributed by atoms with Gasteiger partial charge < -0.3 is 9.42 Å². The maximum absolute atomic E-state index is 12.3. The van der Waals surface area contributed by atoms with Gasteiger partial charge in [-0.2, -0.15) is 4.98 Å². The van der Waals surface area contributed by atoms with Crippen molar-refractivity contribution in [1.29, 1.82) is 0 Å². The zero-order valence-corrected chi connectivity index (χ0v) is 14.7. The Morgan fingerprint density at radius 3 is 2.79 bits per heavy atom. The van der Waals surface area contributed by atoms with E-state index in [0.29, 0.717) is 23.0 Å². The molecule has 1 fully saturated rings. The summed E-state index contributed by atoms with van der Waals surface area (Å²) in [6.45, 7) is 4.44. The quantitative estimate of drug-likeness (QED) is 0.797. The molecule has 3 rings (SSSR count). The molecule has 1 unspecified atom stereocenters. The third-order valence-electron chi connectivity index (χ3n) is 4.39. The molecule has 0 saturated carbocycles. The van der Waals surface area contributed by atoms with E-state index in [1.54, 1.807) is 24.3 Å². The summed E-state index contributed by atoms with van der Waals surface area (Å²) in [6.07, 6.45) is 2.74. The monoisotopic (exact) mass is 349 g/mol. The minimum Gasteiger partial charge on any atom is -0.339 e. The number of piperidine rings is 1. The summed E-state index contributed by atoms with van der Waals surface area (Å²) in [5, 5.41) is 3.86. The van der Waals surface area contributed by atoms with Crippen molar-refractivity contribution in [2.24, 2.45) is 0 Å². The van der Waals surface area contributed by atoms with Crippen LogP contribution in [0, 0.1) is 6.92 Å². The van der Waals surface area contributed by atoms with Crippen molar-refractivity contribution in [3.05, 3.63) is 42.0 Å². The Hall–Kier alpha value is -1.73. The molecule has 0 radical (unpaired) electrons. The number of sulfone groups is 1. The van der Waals surface area contributed by atoms with Gasteiger partial charge in [-0.3, -0.25) is 0 Å². The summed E-state index contributed by atoms with van der Waals surface area (Å²) in [6, 6.07) is 8.66. The standard InChI is InChI=1S/C17H23N3O3S/c1-14-18-17(23-19-14)15-7-5-10-20(13-15)11-6-12-24(21,22)16-8-3-2-4-9-16/h2-4,8-9,15H,5-7,10-13H2,1H3. The van der Waals surface area contributed by atoms with Crippen molar-refractivity contribution in [1.82, 2.24) is 15.0 Å². The third-order valence-corrected chi connectivity index (χ3v) is 6.20. The molecule has 6 nitrogen and oxygen atoms in total. The molecule has 1 aliphatic rings. The van der Waals surface area contributed by atoms with Gasteiger partial charge in [0.15, 0.2) is 15.7 Å². The first-order chi connectivity index (χ1) is 11.5. The van der Waals surface area contributed by atoms with Gasteiger partial charge in [-0.15, -0.1) is 0 Å². The lowest BCUT2D eigenvalue weighted by molar-refractivity contribution is 0.187. The smallest absolute Gasteiger partial charge is 0.231 e. The van der Waals surface area contributed by atoms with Gasteiger partial charge in [0.2, 0.25) is 5.89 Å². The van der Waals surface area contributed by atoms with E-state index < -0.39 is 9.84 Å². The SMILES string of the molecule is Cc1noc(C2CCCN(CCCS(=O)(=O)c3ccccc3)C2)n1. The summed E-state index contributed by atoms with van der Waals surface area (Å²) in [5.41, 5.74) is 0. The minimum atomic E-state index is -3.19. The van der Waals surface area contributed by atoms with Crippen molar-refractivity contribution >= 4 is 9.84 Å². The molecule has 2 aromatic rings. The van der Waals surface area contributed by atoms with E-state index in [2.05, 4.69) is 15.0 Å². The van der Waals surface area contributed by atoms with Gasteiger partial charge in [0, 0.05) is 6.54 Å². The fraction of sp³-hybridized carbons (Fsp3) is 0.529. The van der Waals surface area contributed by atoms with Gasteiger partial charge in [-0.05, 0) is 51.4 Å². The zero-order chi connectivity index (χ0) is 17.0.